The molecule has 0 aliphatic carbocycles. The van der Waals surface area contributed by atoms with Gasteiger partial charge in [-0.1, -0.05) is 23.7 Å². The van der Waals surface area contributed by atoms with Crippen LogP contribution in [-0.2, 0) is 0 Å². The lowest BCUT2D eigenvalue weighted by atomic mass is 10.1. The fraction of sp³-hybridized carbons (Fsp3) is 0. The van der Waals surface area contributed by atoms with Gasteiger partial charge in [-0.05, 0) is 12.1 Å². The lowest BCUT2D eigenvalue weighted by Gasteiger charge is -2.04. The van der Waals surface area contributed by atoms with Gasteiger partial charge in [0, 0.05) is 11.3 Å². The van der Waals surface area contributed by atoms with Crippen LogP contribution in [0.4, 0.5) is 10.5 Å². The molecule has 0 fully saturated rings. The Morgan fingerprint density at radius 2 is 2.05 bits per heavy atom. The van der Waals surface area contributed by atoms with Crippen LogP contribution < -0.4 is 5.32 Å². The zero-order chi connectivity index (χ0) is 13.8. The Hall–Kier alpha value is -2.65. The second kappa shape index (κ2) is 5.33. The van der Waals surface area contributed by atoms with E-state index in [9.17, 15) is 4.79 Å². The van der Waals surface area contributed by atoms with Crippen LogP contribution in [-0.4, -0.2) is 21.2 Å². The van der Waals surface area contributed by atoms with E-state index in [2.05, 4.69) is 15.3 Å². The minimum atomic E-state index is -1.13. The van der Waals surface area contributed by atoms with Crippen molar-refractivity contribution in [3.8, 4) is 17.3 Å². The van der Waals surface area contributed by atoms with E-state index >= 15 is 0 Å². The minimum absolute atomic E-state index is 0.0349. The number of aromatic nitrogens is 2. The summed E-state index contributed by atoms with van der Waals surface area (Å²) in [4.78, 5) is 18.4. The molecule has 2 aromatic rings. The third-order valence-electron chi connectivity index (χ3n) is 2.27. The lowest BCUT2D eigenvalue weighted by Crippen LogP contribution is -2.06. The van der Waals surface area contributed by atoms with Crippen LogP contribution in [0, 0.1) is 11.3 Å². The van der Waals surface area contributed by atoms with E-state index in [1.54, 1.807) is 24.3 Å². The SMILES string of the molecule is N#Cc1ncc(-c2ccc(NC(=O)O)cc2)nc1Cl. The van der Waals surface area contributed by atoms with E-state index in [1.165, 1.54) is 6.20 Å². The number of halogens is 1. The Bertz CT molecular complexity index is 664. The molecule has 1 amide bonds. The molecule has 0 spiro atoms. The number of benzene rings is 1. The summed E-state index contributed by atoms with van der Waals surface area (Å²) < 4.78 is 0. The largest absolute Gasteiger partial charge is 0.465 e. The first-order chi connectivity index (χ1) is 9.10. The van der Waals surface area contributed by atoms with Crippen molar-refractivity contribution >= 4 is 23.4 Å². The van der Waals surface area contributed by atoms with Crippen molar-refractivity contribution in [2.75, 3.05) is 5.32 Å². The Labute approximate surface area is 113 Å². The fourth-order valence-electron chi connectivity index (χ4n) is 1.43. The van der Waals surface area contributed by atoms with Crippen LogP contribution in [0.5, 0.6) is 0 Å². The van der Waals surface area contributed by atoms with Gasteiger partial charge in [-0.25, -0.2) is 14.8 Å². The van der Waals surface area contributed by atoms with E-state index in [0.29, 0.717) is 11.4 Å². The van der Waals surface area contributed by atoms with Crippen molar-refractivity contribution in [1.82, 2.24) is 9.97 Å². The predicted molar refractivity (Wildman–Crippen MR) is 68.8 cm³/mol. The summed E-state index contributed by atoms with van der Waals surface area (Å²) in [5.41, 5.74) is 1.74. The number of hydrogen-bond donors (Lipinski definition) is 2. The smallest absolute Gasteiger partial charge is 0.409 e. The van der Waals surface area contributed by atoms with Crippen LogP contribution in [0.1, 0.15) is 5.69 Å². The number of rotatable bonds is 2. The molecular formula is C12H7ClN4O2. The first kappa shape index (κ1) is 12.8. The molecule has 7 heteroatoms. The molecule has 6 nitrogen and oxygen atoms in total. The normalized spacial score (nSPS) is 9.68. The number of amides is 1. The maximum Gasteiger partial charge on any atom is 0.409 e. The molecule has 2 rings (SSSR count). The highest BCUT2D eigenvalue weighted by molar-refractivity contribution is 6.30. The van der Waals surface area contributed by atoms with Crippen LogP contribution in [0.25, 0.3) is 11.3 Å². The van der Waals surface area contributed by atoms with Crippen molar-refractivity contribution < 1.29 is 9.90 Å². The van der Waals surface area contributed by atoms with Gasteiger partial charge in [-0.3, -0.25) is 5.32 Å². The molecule has 0 aliphatic rings. The maximum atomic E-state index is 10.5. The van der Waals surface area contributed by atoms with Gasteiger partial charge in [0.25, 0.3) is 0 Å². The van der Waals surface area contributed by atoms with Gasteiger partial charge in [-0.15, -0.1) is 0 Å². The van der Waals surface area contributed by atoms with Crippen molar-refractivity contribution in [3.05, 3.63) is 41.3 Å². The molecule has 2 N–H and O–H groups in total. The molecule has 0 aliphatic heterocycles. The maximum absolute atomic E-state index is 10.5. The Morgan fingerprint density at radius 1 is 1.37 bits per heavy atom. The van der Waals surface area contributed by atoms with E-state index in [1.807, 2.05) is 6.07 Å². The Balaban J connectivity index is 2.30. The molecule has 0 unspecified atom stereocenters. The summed E-state index contributed by atoms with van der Waals surface area (Å²) in [7, 11) is 0. The van der Waals surface area contributed by atoms with Crippen molar-refractivity contribution in [1.29, 1.82) is 5.26 Å². The van der Waals surface area contributed by atoms with Crippen molar-refractivity contribution in [3.63, 3.8) is 0 Å². The van der Waals surface area contributed by atoms with Gasteiger partial charge in [0.05, 0.1) is 11.9 Å². The summed E-state index contributed by atoms with van der Waals surface area (Å²) in [6.07, 6.45) is 0.304. The van der Waals surface area contributed by atoms with Gasteiger partial charge in [0.1, 0.15) is 6.07 Å². The number of carboxylic acid groups (broad SMARTS) is 1. The average molecular weight is 275 g/mol. The zero-order valence-corrected chi connectivity index (χ0v) is 10.2. The van der Waals surface area contributed by atoms with E-state index in [-0.39, 0.29) is 10.8 Å². The molecule has 0 atom stereocenters. The summed E-state index contributed by atoms with van der Waals surface area (Å²) in [5, 5.41) is 19.5. The number of anilines is 1. The molecule has 1 heterocycles. The monoisotopic (exact) mass is 274 g/mol. The van der Waals surface area contributed by atoms with Crippen molar-refractivity contribution in [2.45, 2.75) is 0 Å². The first-order valence-electron chi connectivity index (χ1n) is 5.13. The molecule has 0 saturated carbocycles. The Morgan fingerprint density at radius 3 is 2.58 bits per heavy atom. The molecule has 0 radical (unpaired) electrons. The third-order valence-corrected chi connectivity index (χ3v) is 2.53. The Kier molecular flexibility index (Phi) is 3.59. The second-order valence-corrected chi connectivity index (χ2v) is 3.87. The topological polar surface area (TPSA) is 98.9 Å². The van der Waals surface area contributed by atoms with Crippen LogP contribution in [0.15, 0.2) is 30.5 Å². The molecule has 94 valence electrons. The fourth-order valence-corrected chi connectivity index (χ4v) is 1.61. The van der Waals surface area contributed by atoms with E-state index in [0.717, 1.165) is 5.56 Å². The molecule has 1 aromatic heterocycles. The summed E-state index contributed by atoms with van der Waals surface area (Å²) in [6, 6.07) is 8.37. The van der Waals surface area contributed by atoms with Gasteiger partial charge < -0.3 is 5.11 Å². The van der Waals surface area contributed by atoms with Gasteiger partial charge in [0.15, 0.2) is 10.8 Å². The van der Waals surface area contributed by atoms with Crippen LogP contribution >= 0.6 is 11.6 Å². The number of hydrogen-bond acceptors (Lipinski definition) is 4. The molecule has 1 aromatic carbocycles. The van der Waals surface area contributed by atoms with Crippen LogP contribution in [0.3, 0.4) is 0 Å². The minimum Gasteiger partial charge on any atom is -0.465 e. The van der Waals surface area contributed by atoms with Gasteiger partial charge >= 0.3 is 6.09 Å². The predicted octanol–water partition coefficient (Wildman–Crippen LogP) is 2.76. The van der Waals surface area contributed by atoms with Gasteiger partial charge in [-0.2, -0.15) is 5.26 Å². The highest BCUT2D eigenvalue weighted by Gasteiger charge is 2.06. The molecule has 0 saturated heterocycles. The van der Waals surface area contributed by atoms with Crippen molar-refractivity contribution in [2.24, 2.45) is 0 Å². The summed E-state index contributed by atoms with van der Waals surface area (Å²) in [5.74, 6) is 0. The highest BCUT2D eigenvalue weighted by Crippen LogP contribution is 2.21. The molecule has 19 heavy (non-hydrogen) atoms. The summed E-state index contributed by atoms with van der Waals surface area (Å²) in [6.45, 7) is 0. The quantitative estimate of drug-likeness (QED) is 0.877. The van der Waals surface area contributed by atoms with E-state index < -0.39 is 6.09 Å². The lowest BCUT2D eigenvalue weighted by molar-refractivity contribution is 0.210. The first-order valence-corrected chi connectivity index (χ1v) is 5.51. The number of nitrogens with one attached hydrogen (secondary N) is 1. The standard InChI is InChI=1S/C12H7ClN4O2/c13-11-9(5-14)15-6-10(17-11)7-1-3-8(4-2-7)16-12(18)19/h1-4,6,16H,(H,18,19). The van der Waals surface area contributed by atoms with E-state index in [4.69, 9.17) is 22.0 Å². The average Bonchev–Trinajstić information content (AvgIpc) is 2.39. The number of nitrogens with zero attached hydrogens (tertiary/aromatic N) is 3. The number of carbonyl (C=O) groups is 1. The number of nitriles is 1. The zero-order valence-electron chi connectivity index (χ0n) is 9.46. The summed E-state index contributed by atoms with van der Waals surface area (Å²) >= 11 is 5.79. The third kappa shape index (κ3) is 2.97. The molecule has 0 bridgehead atoms. The van der Waals surface area contributed by atoms with Gasteiger partial charge in [0.2, 0.25) is 0 Å². The van der Waals surface area contributed by atoms with Crippen LogP contribution in [0.2, 0.25) is 5.15 Å². The molecular weight excluding hydrogens is 268 g/mol. The highest BCUT2D eigenvalue weighted by atomic mass is 35.5. The second-order valence-electron chi connectivity index (χ2n) is 3.51.